The molecule has 0 amide bonds. The number of fused-ring (bicyclic) bond motifs is 3. The number of benzene rings is 4. The Morgan fingerprint density at radius 3 is 2.49 bits per heavy atom. The minimum absolute atomic E-state index is 0.265. The van der Waals surface area contributed by atoms with Gasteiger partial charge in [0.25, 0.3) is 0 Å². The number of imidazole rings is 1. The first-order valence-electron chi connectivity index (χ1n) is 11.0. The van der Waals surface area contributed by atoms with Gasteiger partial charge in [0.1, 0.15) is 23.1 Å². The fraction of sp³-hybridized carbons (Fsp3) is 0. The van der Waals surface area contributed by atoms with Gasteiger partial charge in [0.15, 0.2) is 0 Å². The number of aromatic amines is 1. The third kappa shape index (κ3) is 4.16. The van der Waals surface area contributed by atoms with Gasteiger partial charge in [-0.15, -0.1) is 0 Å². The smallest absolute Gasteiger partial charge is 0.145 e. The number of hydrogen-bond acceptors (Lipinski definition) is 4. The molecule has 0 bridgehead atoms. The third-order valence-electron chi connectivity index (χ3n) is 5.63. The number of para-hydroxylation sites is 1. The highest BCUT2D eigenvalue weighted by molar-refractivity contribution is 6.30. The summed E-state index contributed by atoms with van der Waals surface area (Å²) in [5.41, 5.74) is 4.25. The number of anilines is 2. The van der Waals surface area contributed by atoms with Crippen LogP contribution in [0, 0.1) is 5.82 Å². The molecule has 0 aliphatic carbocycles. The molecule has 5 nitrogen and oxygen atoms in total. The van der Waals surface area contributed by atoms with Crippen LogP contribution in [0.3, 0.4) is 0 Å². The molecular weight excluding hydrogens is 463 g/mol. The second-order valence-electron chi connectivity index (χ2n) is 8.00. The molecule has 0 fully saturated rings. The first-order chi connectivity index (χ1) is 17.1. The Bertz CT molecular complexity index is 1670. The second-order valence-corrected chi connectivity index (χ2v) is 8.43. The van der Waals surface area contributed by atoms with Crippen molar-refractivity contribution in [3.63, 3.8) is 0 Å². The van der Waals surface area contributed by atoms with Gasteiger partial charge in [-0.2, -0.15) is 0 Å². The van der Waals surface area contributed by atoms with Gasteiger partial charge in [0, 0.05) is 21.8 Å². The molecule has 0 spiro atoms. The summed E-state index contributed by atoms with van der Waals surface area (Å²) in [7, 11) is 0. The monoisotopic (exact) mass is 480 g/mol. The Kier molecular flexibility index (Phi) is 5.28. The van der Waals surface area contributed by atoms with Crippen LogP contribution in [0.15, 0.2) is 97.2 Å². The van der Waals surface area contributed by atoms with E-state index in [9.17, 15) is 4.39 Å². The van der Waals surface area contributed by atoms with E-state index < -0.39 is 5.82 Å². The average molecular weight is 481 g/mol. The zero-order chi connectivity index (χ0) is 23.8. The van der Waals surface area contributed by atoms with Crippen molar-refractivity contribution in [2.75, 3.05) is 5.32 Å². The van der Waals surface area contributed by atoms with Gasteiger partial charge in [-0.1, -0.05) is 35.9 Å². The minimum Gasteiger partial charge on any atom is -0.456 e. The molecule has 2 N–H and O–H groups in total. The molecular formula is C28H18ClFN4O. The standard InChI is InChI=1S/C28H18ClFN4O/c29-17-9-11-18(12-10-17)32-19-13-14-21-23(15-19)31-16-24-27(21)34-28(33-24)26-22(30)7-4-8-25(26)35-20-5-2-1-3-6-20/h1-16,32H,(H,33,34). The Hall–Kier alpha value is -4.42. The summed E-state index contributed by atoms with van der Waals surface area (Å²) in [6, 6.07) is 27.3. The lowest BCUT2D eigenvalue weighted by Crippen LogP contribution is -1.93. The van der Waals surface area contributed by atoms with E-state index in [2.05, 4.69) is 15.3 Å². The van der Waals surface area contributed by atoms with Gasteiger partial charge in [-0.3, -0.25) is 4.98 Å². The SMILES string of the molecule is Fc1cccc(Oc2ccccc2)c1-c1nc2c(cnc3cc(Nc4ccc(Cl)cc4)ccc32)[nH]1. The summed E-state index contributed by atoms with van der Waals surface area (Å²) in [4.78, 5) is 12.5. The maximum absolute atomic E-state index is 15.0. The molecule has 0 saturated heterocycles. The number of nitrogens with one attached hydrogen (secondary N) is 2. The van der Waals surface area contributed by atoms with Crippen LogP contribution >= 0.6 is 11.6 Å². The highest BCUT2D eigenvalue weighted by atomic mass is 35.5. The zero-order valence-corrected chi connectivity index (χ0v) is 19.1. The fourth-order valence-corrected chi connectivity index (χ4v) is 4.12. The van der Waals surface area contributed by atoms with Gasteiger partial charge in [-0.05, 0) is 66.7 Å². The van der Waals surface area contributed by atoms with Gasteiger partial charge in [0.2, 0.25) is 0 Å². The molecule has 35 heavy (non-hydrogen) atoms. The molecule has 7 heteroatoms. The van der Waals surface area contributed by atoms with Crippen molar-refractivity contribution in [2.24, 2.45) is 0 Å². The number of halogens is 2. The van der Waals surface area contributed by atoms with Crippen molar-refractivity contribution in [3.8, 4) is 22.9 Å². The molecule has 4 aromatic carbocycles. The molecule has 0 atom stereocenters. The molecule has 6 aromatic rings. The van der Waals surface area contributed by atoms with Crippen molar-refractivity contribution >= 4 is 44.9 Å². The molecule has 0 aliphatic rings. The van der Waals surface area contributed by atoms with E-state index in [1.807, 2.05) is 72.8 Å². The second kappa shape index (κ2) is 8.74. The Morgan fingerprint density at radius 1 is 0.857 bits per heavy atom. The number of ether oxygens (including phenoxy) is 1. The number of pyridine rings is 1. The van der Waals surface area contributed by atoms with E-state index in [0.717, 1.165) is 22.3 Å². The lowest BCUT2D eigenvalue weighted by Gasteiger charge is -2.10. The molecule has 6 rings (SSSR count). The molecule has 170 valence electrons. The van der Waals surface area contributed by atoms with Crippen LogP contribution in [0.5, 0.6) is 11.5 Å². The minimum atomic E-state index is -0.427. The predicted molar refractivity (Wildman–Crippen MR) is 138 cm³/mol. The van der Waals surface area contributed by atoms with Crippen molar-refractivity contribution in [3.05, 3.63) is 108 Å². The first-order valence-corrected chi connectivity index (χ1v) is 11.3. The zero-order valence-electron chi connectivity index (χ0n) is 18.3. The summed E-state index contributed by atoms with van der Waals surface area (Å²) in [6.07, 6.45) is 1.71. The van der Waals surface area contributed by atoms with Crippen molar-refractivity contribution < 1.29 is 9.13 Å². The van der Waals surface area contributed by atoms with Crippen LogP contribution in [0.1, 0.15) is 0 Å². The lowest BCUT2D eigenvalue weighted by atomic mass is 10.1. The first kappa shape index (κ1) is 21.1. The molecule has 0 aliphatic heterocycles. The summed E-state index contributed by atoms with van der Waals surface area (Å²) in [5.74, 6) is 0.941. The summed E-state index contributed by atoms with van der Waals surface area (Å²) in [5, 5.41) is 4.88. The van der Waals surface area contributed by atoms with Crippen molar-refractivity contribution in [1.29, 1.82) is 0 Å². The maximum Gasteiger partial charge on any atom is 0.145 e. The van der Waals surface area contributed by atoms with Gasteiger partial charge < -0.3 is 15.0 Å². The normalized spacial score (nSPS) is 11.1. The average Bonchev–Trinajstić information content (AvgIpc) is 3.30. The summed E-state index contributed by atoms with van der Waals surface area (Å²) in [6.45, 7) is 0. The van der Waals surface area contributed by atoms with E-state index >= 15 is 0 Å². The Morgan fingerprint density at radius 2 is 1.66 bits per heavy atom. The van der Waals surface area contributed by atoms with E-state index in [-0.39, 0.29) is 5.56 Å². The van der Waals surface area contributed by atoms with Crippen LogP contribution in [-0.4, -0.2) is 15.0 Å². The number of hydrogen-bond donors (Lipinski definition) is 2. The maximum atomic E-state index is 15.0. The quantitative estimate of drug-likeness (QED) is 0.261. The van der Waals surface area contributed by atoms with E-state index in [1.54, 1.807) is 18.3 Å². The van der Waals surface area contributed by atoms with Crippen molar-refractivity contribution in [1.82, 2.24) is 15.0 Å². The highest BCUT2D eigenvalue weighted by Gasteiger charge is 2.18. The fourth-order valence-electron chi connectivity index (χ4n) is 3.99. The molecule has 2 heterocycles. The third-order valence-corrected chi connectivity index (χ3v) is 5.89. The number of H-pyrrole nitrogens is 1. The largest absolute Gasteiger partial charge is 0.456 e. The summed E-state index contributed by atoms with van der Waals surface area (Å²) < 4.78 is 21.0. The number of aromatic nitrogens is 3. The van der Waals surface area contributed by atoms with E-state index in [1.165, 1.54) is 6.07 Å². The topological polar surface area (TPSA) is 62.8 Å². The van der Waals surface area contributed by atoms with Gasteiger partial charge in [-0.25, -0.2) is 9.37 Å². The Balaban J connectivity index is 1.40. The highest BCUT2D eigenvalue weighted by Crippen LogP contribution is 2.36. The number of rotatable bonds is 5. The lowest BCUT2D eigenvalue weighted by molar-refractivity contribution is 0.479. The molecule has 2 aromatic heterocycles. The van der Waals surface area contributed by atoms with Crippen LogP contribution in [0.2, 0.25) is 5.02 Å². The van der Waals surface area contributed by atoms with Gasteiger partial charge >= 0.3 is 0 Å². The van der Waals surface area contributed by atoms with Crippen molar-refractivity contribution in [2.45, 2.75) is 0 Å². The predicted octanol–water partition coefficient (Wildman–Crippen LogP) is 8.11. The van der Waals surface area contributed by atoms with E-state index in [0.29, 0.717) is 33.4 Å². The molecule has 0 unspecified atom stereocenters. The molecule has 0 radical (unpaired) electrons. The van der Waals surface area contributed by atoms with Crippen LogP contribution < -0.4 is 10.1 Å². The van der Waals surface area contributed by atoms with Crippen LogP contribution in [0.25, 0.3) is 33.3 Å². The molecule has 0 saturated carbocycles. The van der Waals surface area contributed by atoms with Crippen LogP contribution in [-0.2, 0) is 0 Å². The van der Waals surface area contributed by atoms with E-state index in [4.69, 9.17) is 21.3 Å². The van der Waals surface area contributed by atoms with Gasteiger partial charge in [0.05, 0.1) is 28.3 Å². The summed E-state index contributed by atoms with van der Waals surface area (Å²) >= 11 is 5.98. The number of nitrogens with zero attached hydrogens (tertiary/aromatic N) is 2. The Labute approximate surface area is 205 Å². The van der Waals surface area contributed by atoms with Crippen LogP contribution in [0.4, 0.5) is 15.8 Å².